The molecule has 0 aliphatic heterocycles. The molecule has 1 rings (SSSR count). The second-order valence-electron chi connectivity index (χ2n) is 3.20. The van der Waals surface area contributed by atoms with E-state index in [1.54, 1.807) is 14.2 Å². The standard InChI is InChI=1S/C10H17NO2Si/c1-11(14(4,12-2)13-3)10-8-6-5-7-9-10/h5-9H,1-4H3. The zero-order valence-corrected chi connectivity index (χ0v) is 10.2. The van der Waals surface area contributed by atoms with Gasteiger partial charge in [-0.2, -0.15) is 0 Å². The van der Waals surface area contributed by atoms with Crippen molar-refractivity contribution >= 4 is 14.4 Å². The van der Waals surface area contributed by atoms with Gasteiger partial charge in [-0.1, -0.05) is 18.2 Å². The number of benzene rings is 1. The molecule has 0 N–H and O–H groups in total. The van der Waals surface area contributed by atoms with Crippen LogP contribution in [0, 0.1) is 0 Å². The molecular formula is C10H17NO2Si. The summed E-state index contributed by atoms with van der Waals surface area (Å²) in [5.74, 6) is 0. The highest BCUT2D eigenvalue weighted by molar-refractivity contribution is 6.70. The van der Waals surface area contributed by atoms with Crippen molar-refractivity contribution in [3.8, 4) is 0 Å². The second-order valence-corrected chi connectivity index (χ2v) is 6.48. The molecule has 78 valence electrons. The Bertz CT molecular complexity index is 275. The molecule has 0 saturated carbocycles. The van der Waals surface area contributed by atoms with E-state index >= 15 is 0 Å². The quantitative estimate of drug-likeness (QED) is 0.711. The van der Waals surface area contributed by atoms with Crippen molar-refractivity contribution in [3.05, 3.63) is 30.3 Å². The minimum atomic E-state index is -2.21. The molecule has 0 radical (unpaired) electrons. The molecule has 0 aliphatic rings. The number of hydrogen-bond acceptors (Lipinski definition) is 3. The molecule has 4 heteroatoms. The summed E-state index contributed by atoms with van der Waals surface area (Å²) in [6.07, 6.45) is 0. The molecule has 14 heavy (non-hydrogen) atoms. The minimum Gasteiger partial charge on any atom is -0.382 e. The van der Waals surface area contributed by atoms with Crippen LogP contribution in [0.15, 0.2) is 30.3 Å². The Morgan fingerprint density at radius 1 is 1.07 bits per heavy atom. The zero-order valence-electron chi connectivity index (χ0n) is 9.15. The van der Waals surface area contributed by atoms with Gasteiger partial charge in [-0.25, -0.2) is 0 Å². The van der Waals surface area contributed by atoms with Gasteiger partial charge in [0, 0.05) is 27.0 Å². The summed E-state index contributed by atoms with van der Waals surface area (Å²) >= 11 is 0. The number of hydrogen-bond donors (Lipinski definition) is 0. The van der Waals surface area contributed by atoms with Gasteiger partial charge in [0.05, 0.1) is 0 Å². The van der Waals surface area contributed by atoms with Crippen LogP contribution < -0.4 is 4.57 Å². The molecule has 3 nitrogen and oxygen atoms in total. The van der Waals surface area contributed by atoms with Gasteiger partial charge in [0.15, 0.2) is 0 Å². The van der Waals surface area contributed by atoms with E-state index in [2.05, 4.69) is 4.57 Å². The van der Waals surface area contributed by atoms with Crippen LogP contribution in [-0.4, -0.2) is 30.0 Å². The summed E-state index contributed by atoms with van der Waals surface area (Å²) in [5, 5.41) is 0. The van der Waals surface area contributed by atoms with Crippen molar-refractivity contribution in [2.45, 2.75) is 6.55 Å². The Labute approximate surface area is 86.6 Å². The van der Waals surface area contributed by atoms with E-state index < -0.39 is 8.72 Å². The van der Waals surface area contributed by atoms with Crippen LogP contribution in [-0.2, 0) is 8.85 Å². The molecule has 1 aromatic rings. The van der Waals surface area contributed by atoms with E-state index in [0.29, 0.717) is 0 Å². The summed E-state index contributed by atoms with van der Waals surface area (Å²) in [7, 11) is 3.17. The first-order chi connectivity index (χ1) is 6.64. The lowest BCUT2D eigenvalue weighted by Crippen LogP contribution is -2.53. The SMILES string of the molecule is CO[Si](C)(OC)N(C)c1ccccc1. The molecule has 0 heterocycles. The highest BCUT2D eigenvalue weighted by Crippen LogP contribution is 2.19. The van der Waals surface area contributed by atoms with Crippen molar-refractivity contribution in [1.29, 1.82) is 0 Å². The largest absolute Gasteiger partial charge is 0.455 e. The second kappa shape index (κ2) is 4.59. The Morgan fingerprint density at radius 3 is 2.00 bits per heavy atom. The van der Waals surface area contributed by atoms with Gasteiger partial charge in [0.1, 0.15) is 0 Å². The Hall–Kier alpha value is -0.843. The molecule has 0 aromatic heterocycles. The zero-order chi connectivity index (χ0) is 10.6. The summed E-state index contributed by atoms with van der Waals surface area (Å²) in [6, 6.07) is 10.1. The maximum absolute atomic E-state index is 5.45. The van der Waals surface area contributed by atoms with Gasteiger partial charge in [-0.15, -0.1) is 0 Å². The molecule has 0 amide bonds. The Kier molecular flexibility index (Phi) is 3.68. The minimum absolute atomic E-state index is 1.12. The van der Waals surface area contributed by atoms with Gasteiger partial charge >= 0.3 is 8.72 Å². The van der Waals surface area contributed by atoms with Gasteiger partial charge in [0.2, 0.25) is 0 Å². The molecule has 0 saturated heterocycles. The van der Waals surface area contributed by atoms with E-state index in [1.807, 2.05) is 43.9 Å². The molecule has 0 unspecified atom stereocenters. The maximum atomic E-state index is 5.45. The highest BCUT2D eigenvalue weighted by atomic mass is 28.4. The molecular weight excluding hydrogens is 194 g/mol. The van der Waals surface area contributed by atoms with E-state index in [4.69, 9.17) is 8.85 Å². The Morgan fingerprint density at radius 2 is 1.57 bits per heavy atom. The van der Waals surface area contributed by atoms with Crippen LogP contribution in [0.2, 0.25) is 6.55 Å². The lowest BCUT2D eigenvalue weighted by atomic mass is 10.3. The summed E-state index contributed by atoms with van der Waals surface area (Å²) in [6.45, 7) is 2.01. The fraction of sp³-hybridized carbons (Fsp3) is 0.400. The molecule has 1 aromatic carbocycles. The van der Waals surface area contributed by atoms with Gasteiger partial charge in [-0.3, -0.25) is 0 Å². The average molecular weight is 211 g/mol. The molecule has 0 aliphatic carbocycles. The monoisotopic (exact) mass is 211 g/mol. The average Bonchev–Trinajstić information content (AvgIpc) is 2.28. The van der Waals surface area contributed by atoms with Crippen LogP contribution in [0.25, 0.3) is 0 Å². The predicted octanol–water partition coefficient (Wildman–Crippen LogP) is 1.98. The number of anilines is 1. The topological polar surface area (TPSA) is 21.7 Å². The summed E-state index contributed by atoms with van der Waals surface area (Å²) in [5.41, 5.74) is 1.12. The van der Waals surface area contributed by atoms with Crippen molar-refractivity contribution in [2.75, 3.05) is 25.8 Å². The first-order valence-electron chi connectivity index (χ1n) is 4.53. The summed E-state index contributed by atoms with van der Waals surface area (Å²) < 4.78 is 13.0. The first-order valence-corrected chi connectivity index (χ1v) is 6.79. The lowest BCUT2D eigenvalue weighted by Gasteiger charge is -2.33. The number of para-hydroxylation sites is 1. The predicted molar refractivity (Wildman–Crippen MR) is 60.5 cm³/mol. The third kappa shape index (κ3) is 2.15. The first kappa shape index (κ1) is 11.2. The van der Waals surface area contributed by atoms with Crippen molar-refractivity contribution in [3.63, 3.8) is 0 Å². The van der Waals surface area contributed by atoms with E-state index in [1.165, 1.54) is 0 Å². The lowest BCUT2D eigenvalue weighted by molar-refractivity contribution is 0.248. The van der Waals surface area contributed by atoms with E-state index in [9.17, 15) is 0 Å². The van der Waals surface area contributed by atoms with E-state index in [-0.39, 0.29) is 0 Å². The Balaban J connectivity index is 2.89. The maximum Gasteiger partial charge on any atom is 0.455 e. The normalized spacial score (nSPS) is 11.4. The number of rotatable bonds is 4. The molecule has 0 spiro atoms. The molecule has 0 fully saturated rings. The van der Waals surface area contributed by atoms with Crippen LogP contribution >= 0.6 is 0 Å². The van der Waals surface area contributed by atoms with Crippen LogP contribution in [0.1, 0.15) is 0 Å². The van der Waals surface area contributed by atoms with Crippen LogP contribution in [0.3, 0.4) is 0 Å². The smallest absolute Gasteiger partial charge is 0.382 e. The fourth-order valence-corrected chi connectivity index (χ4v) is 2.58. The van der Waals surface area contributed by atoms with Crippen LogP contribution in [0.5, 0.6) is 0 Å². The van der Waals surface area contributed by atoms with Gasteiger partial charge < -0.3 is 13.4 Å². The van der Waals surface area contributed by atoms with Crippen molar-refractivity contribution in [1.82, 2.24) is 0 Å². The fourth-order valence-electron chi connectivity index (χ4n) is 1.24. The van der Waals surface area contributed by atoms with Crippen LogP contribution in [0.4, 0.5) is 5.69 Å². The van der Waals surface area contributed by atoms with Crippen molar-refractivity contribution < 1.29 is 8.85 Å². The van der Waals surface area contributed by atoms with E-state index in [0.717, 1.165) is 5.69 Å². The molecule has 0 bridgehead atoms. The van der Waals surface area contributed by atoms with Crippen molar-refractivity contribution in [2.24, 2.45) is 0 Å². The summed E-state index contributed by atoms with van der Waals surface area (Å²) in [4.78, 5) is 0. The third-order valence-corrected chi connectivity index (χ3v) is 5.50. The molecule has 0 atom stereocenters. The van der Waals surface area contributed by atoms with Gasteiger partial charge in [0.25, 0.3) is 0 Å². The highest BCUT2D eigenvalue weighted by Gasteiger charge is 2.35. The van der Waals surface area contributed by atoms with Gasteiger partial charge in [-0.05, 0) is 18.7 Å². The number of nitrogens with zero attached hydrogens (tertiary/aromatic N) is 1. The third-order valence-electron chi connectivity index (χ3n) is 2.51.